The van der Waals surface area contributed by atoms with Gasteiger partial charge in [-0.1, -0.05) is 36.4 Å². The first-order valence-electron chi connectivity index (χ1n) is 9.96. The lowest BCUT2D eigenvalue weighted by Gasteiger charge is -2.11. The fourth-order valence-electron chi connectivity index (χ4n) is 3.77. The predicted octanol–water partition coefficient (Wildman–Crippen LogP) is 4.72. The number of pyridine rings is 2. The van der Waals surface area contributed by atoms with Crippen molar-refractivity contribution in [1.82, 2.24) is 20.3 Å². The topological polar surface area (TPSA) is 79.9 Å². The van der Waals surface area contributed by atoms with E-state index in [2.05, 4.69) is 15.3 Å². The predicted molar refractivity (Wildman–Crippen MR) is 121 cm³/mol. The van der Waals surface area contributed by atoms with Crippen LogP contribution in [0, 0.1) is 0 Å². The Morgan fingerprint density at radius 2 is 1.87 bits per heavy atom. The molecule has 0 spiro atoms. The number of benzene rings is 2. The summed E-state index contributed by atoms with van der Waals surface area (Å²) in [5.74, 6) is 0.454. The number of carbonyl (C=O) groups excluding carboxylic acids is 1. The van der Waals surface area contributed by atoms with Crippen LogP contribution in [0.25, 0.3) is 33.1 Å². The molecular weight excluding hydrogens is 388 g/mol. The molecule has 0 bridgehead atoms. The van der Waals surface area contributed by atoms with Gasteiger partial charge in [0.1, 0.15) is 11.4 Å². The number of fused-ring (bicyclic) bond motifs is 3. The zero-order valence-corrected chi connectivity index (χ0v) is 16.9. The number of para-hydroxylation sites is 2. The third kappa shape index (κ3) is 3.48. The molecule has 5 rings (SSSR count). The molecule has 1 amide bonds. The summed E-state index contributed by atoms with van der Waals surface area (Å²) >= 11 is 0. The molecule has 6 nitrogen and oxygen atoms in total. The number of carbonyl (C=O) groups is 1. The second-order valence-electron chi connectivity index (χ2n) is 7.19. The van der Waals surface area contributed by atoms with Crippen molar-refractivity contribution in [3.63, 3.8) is 0 Å². The summed E-state index contributed by atoms with van der Waals surface area (Å²) in [7, 11) is 1.63. The first kappa shape index (κ1) is 18.8. The molecule has 0 aliphatic heterocycles. The lowest BCUT2D eigenvalue weighted by molar-refractivity contribution is 0.0946. The van der Waals surface area contributed by atoms with Gasteiger partial charge in [-0.05, 0) is 35.9 Å². The lowest BCUT2D eigenvalue weighted by Crippen LogP contribution is -2.24. The third-order valence-electron chi connectivity index (χ3n) is 5.27. The van der Waals surface area contributed by atoms with E-state index < -0.39 is 0 Å². The van der Waals surface area contributed by atoms with E-state index in [0.717, 1.165) is 32.9 Å². The highest BCUT2D eigenvalue weighted by molar-refractivity contribution is 6.13. The number of H-pyrrole nitrogens is 1. The second-order valence-corrected chi connectivity index (χ2v) is 7.19. The minimum atomic E-state index is -0.243. The van der Waals surface area contributed by atoms with Crippen molar-refractivity contribution in [2.24, 2.45) is 0 Å². The number of aromatic amines is 1. The van der Waals surface area contributed by atoms with Crippen LogP contribution in [0.2, 0.25) is 0 Å². The van der Waals surface area contributed by atoms with Gasteiger partial charge in [0.05, 0.1) is 18.3 Å². The molecule has 0 aliphatic rings. The van der Waals surface area contributed by atoms with E-state index in [4.69, 9.17) is 9.72 Å². The van der Waals surface area contributed by atoms with E-state index in [-0.39, 0.29) is 5.91 Å². The average molecular weight is 408 g/mol. The van der Waals surface area contributed by atoms with Crippen LogP contribution in [0.5, 0.6) is 5.75 Å². The first-order valence-corrected chi connectivity index (χ1v) is 9.96. The second kappa shape index (κ2) is 7.91. The number of aromatic nitrogens is 3. The van der Waals surface area contributed by atoms with Gasteiger partial charge in [0.2, 0.25) is 0 Å². The van der Waals surface area contributed by atoms with Gasteiger partial charge < -0.3 is 15.0 Å². The van der Waals surface area contributed by atoms with E-state index in [0.29, 0.717) is 23.7 Å². The Hall–Kier alpha value is -4.19. The fourth-order valence-corrected chi connectivity index (χ4v) is 3.77. The number of hydrogen-bond acceptors (Lipinski definition) is 4. The van der Waals surface area contributed by atoms with Crippen LogP contribution in [0.1, 0.15) is 16.1 Å². The van der Waals surface area contributed by atoms with Crippen LogP contribution < -0.4 is 10.1 Å². The summed E-state index contributed by atoms with van der Waals surface area (Å²) in [5.41, 5.74) is 4.63. The lowest BCUT2D eigenvalue weighted by atomic mass is 10.1. The number of nitrogens with one attached hydrogen (secondary N) is 2. The maximum Gasteiger partial charge on any atom is 0.270 e. The first-order chi connectivity index (χ1) is 15.2. The number of nitrogens with zero attached hydrogens (tertiary/aromatic N) is 2. The van der Waals surface area contributed by atoms with Crippen molar-refractivity contribution in [3.8, 4) is 17.0 Å². The number of amides is 1. The Labute approximate surface area is 178 Å². The van der Waals surface area contributed by atoms with Crippen molar-refractivity contribution in [2.45, 2.75) is 6.54 Å². The SMILES string of the molecule is COc1ccccc1-c1nc(C(=O)NCc2cccnc2)cc2c1[nH]c1ccccc12. The average Bonchev–Trinajstić information content (AvgIpc) is 3.21. The summed E-state index contributed by atoms with van der Waals surface area (Å²) < 4.78 is 5.57. The van der Waals surface area contributed by atoms with Gasteiger partial charge >= 0.3 is 0 Å². The van der Waals surface area contributed by atoms with Gasteiger partial charge in [0, 0.05) is 40.8 Å². The number of ether oxygens (including phenoxy) is 1. The minimum Gasteiger partial charge on any atom is -0.496 e. The molecule has 6 heteroatoms. The maximum atomic E-state index is 13.0. The van der Waals surface area contributed by atoms with Crippen LogP contribution in [0.4, 0.5) is 0 Å². The van der Waals surface area contributed by atoms with E-state index in [1.54, 1.807) is 19.5 Å². The fraction of sp³-hybridized carbons (Fsp3) is 0.0800. The molecule has 0 fully saturated rings. The number of methoxy groups -OCH3 is 1. The van der Waals surface area contributed by atoms with Gasteiger partial charge in [-0.2, -0.15) is 0 Å². The third-order valence-corrected chi connectivity index (χ3v) is 5.27. The van der Waals surface area contributed by atoms with E-state index in [1.807, 2.05) is 66.7 Å². The van der Waals surface area contributed by atoms with Gasteiger partial charge in [-0.25, -0.2) is 4.98 Å². The van der Waals surface area contributed by atoms with E-state index in [1.165, 1.54) is 0 Å². The van der Waals surface area contributed by atoms with Crippen molar-refractivity contribution >= 4 is 27.7 Å². The molecule has 0 saturated heterocycles. The van der Waals surface area contributed by atoms with Crippen LogP contribution >= 0.6 is 0 Å². The molecule has 2 N–H and O–H groups in total. The molecule has 3 heterocycles. The monoisotopic (exact) mass is 408 g/mol. The Morgan fingerprint density at radius 3 is 2.71 bits per heavy atom. The zero-order valence-electron chi connectivity index (χ0n) is 16.9. The van der Waals surface area contributed by atoms with E-state index >= 15 is 0 Å². The Kier molecular flexibility index (Phi) is 4.80. The minimum absolute atomic E-state index is 0.243. The highest BCUT2D eigenvalue weighted by Crippen LogP contribution is 2.36. The summed E-state index contributed by atoms with van der Waals surface area (Å²) in [6.07, 6.45) is 3.44. The Bertz CT molecular complexity index is 1390. The van der Waals surface area contributed by atoms with Gasteiger partial charge in [0.25, 0.3) is 5.91 Å². The quantitative estimate of drug-likeness (QED) is 0.441. The van der Waals surface area contributed by atoms with Gasteiger partial charge in [-0.15, -0.1) is 0 Å². The van der Waals surface area contributed by atoms with Crippen molar-refractivity contribution in [3.05, 3.63) is 90.4 Å². The molecule has 0 atom stereocenters. The standard InChI is InChI=1S/C25H20N4O2/c1-31-22-11-5-3-9-18(22)23-24-19(17-8-2-4-10-20(17)28-24)13-21(29-23)25(30)27-15-16-7-6-12-26-14-16/h2-14,28H,15H2,1H3,(H,27,30). The molecule has 31 heavy (non-hydrogen) atoms. The molecule has 0 saturated carbocycles. The maximum absolute atomic E-state index is 13.0. The summed E-state index contributed by atoms with van der Waals surface area (Å²) in [5, 5.41) is 4.93. The van der Waals surface area contributed by atoms with Gasteiger partial charge in [-0.3, -0.25) is 9.78 Å². The van der Waals surface area contributed by atoms with Crippen LogP contribution in [-0.4, -0.2) is 28.0 Å². The van der Waals surface area contributed by atoms with Crippen LogP contribution in [-0.2, 0) is 6.54 Å². The molecule has 0 radical (unpaired) electrons. The molecule has 0 aliphatic carbocycles. The van der Waals surface area contributed by atoms with E-state index in [9.17, 15) is 4.79 Å². The Balaban J connectivity index is 1.65. The Morgan fingerprint density at radius 1 is 1.03 bits per heavy atom. The molecular formula is C25H20N4O2. The molecule has 152 valence electrons. The smallest absolute Gasteiger partial charge is 0.270 e. The molecule has 3 aromatic heterocycles. The zero-order chi connectivity index (χ0) is 21.2. The highest BCUT2D eigenvalue weighted by atomic mass is 16.5. The largest absolute Gasteiger partial charge is 0.496 e. The van der Waals surface area contributed by atoms with Gasteiger partial charge in [0.15, 0.2) is 0 Å². The van der Waals surface area contributed by atoms with Crippen molar-refractivity contribution in [2.75, 3.05) is 7.11 Å². The highest BCUT2D eigenvalue weighted by Gasteiger charge is 2.19. The van der Waals surface area contributed by atoms with Crippen LogP contribution in [0.3, 0.4) is 0 Å². The molecule has 0 unspecified atom stereocenters. The summed E-state index contributed by atoms with van der Waals surface area (Å²) in [4.78, 5) is 25.3. The molecule has 5 aromatic rings. The van der Waals surface area contributed by atoms with Crippen molar-refractivity contribution in [1.29, 1.82) is 0 Å². The summed E-state index contributed by atoms with van der Waals surface area (Å²) in [6, 6.07) is 21.3. The molecule has 2 aromatic carbocycles. The summed E-state index contributed by atoms with van der Waals surface area (Å²) in [6.45, 7) is 0.379. The normalized spacial score (nSPS) is 11.0. The number of hydrogen-bond donors (Lipinski definition) is 2. The van der Waals surface area contributed by atoms with Crippen LogP contribution in [0.15, 0.2) is 79.1 Å². The van der Waals surface area contributed by atoms with Crippen molar-refractivity contribution < 1.29 is 9.53 Å². The number of rotatable bonds is 5.